The van der Waals surface area contributed by atoms with Crippen molar-refractivity contribution in [3.05, 3.63) is 75.8 Å². The molecule has 36 heavy (non-hydrogen) atoms. The molecule has 3 aromatic heterocycles. The summed E-state index contributed by atoms with van der Waals surface area (Å²) in [5, 5.41) is 13.7. The highest BCUT2D eigenvalue weighted by atomic mass is 32.1. The molecule has 0 radical (unpaired) electrons. The lowest BCUT2D eigenvalue weighted by Gasteiger charge is -2.20. The van der Waals surface area contributed by atoms with Gasteiger partial charge in [0.05, 0.1) is 18.3 Å². The summed E-state index contributed by atoms with van der Waals surface area (Å²) < 4.78 is 7.78. The Hall–Kier alpha value is -3.30. The van der Waals surface area contributed by atoms with Crippen LogP contribution in [0.2, 0.25) is 0 Å². The summed E-state index contributed by atoms with van der Waals surface area (Å²) in [4.78, 5) is 13.5. The predicted octanol–water partition coefficient (Wildman–Crippen LogP) is 4.03. The molecule has 0 aliphatic carbocycles. The highest BCUT2D eigenvalue weighted by molar-refractivity contribution is 7.15. The predicted molar refractivity (Wildman–Crippen MR) is 141 cm³/mol. The summed E-state index contributed by atoms with van der Waals surface area (Å²) >= 11 is 1.78. The summed E-state index contributed by atoms with van der Waals surface area (Å²) in [5.74, 6) is 3.88. The van der Waals surface area contributed by atoms with Crippen molar-refractivity contribution in [2.45, 2.75) is 33.2 Å². The number of oxazole rings is 1. The molecule has 3 aliphatic rings. The molecule has 8 nitrogen and oxygen atoms in total. The monoisotopic (exact) mass is 499 g/mol. The minimum Gasteiger partial charge on any atom is -0.449 e. The molecule has 1 aromatic carbocycles. The van der Waals surface area contributed by atoms with E-state index in [1.807, 2.05) is 6.92 Å². The maximum atomic E-state index is 5.60. The van der Waals surface area contributed by atoms with E-state index in [1.54, 1.807) is 23.8 Å². The first-order valence-electron chi connectivity index (χ1n) is 12.6. The van der Waals surface area contributed by atoms with Crippen molar-refractivity contribution in [3.8, 4) is 5.00 Å². The number of hydrogen-bond acceptors (Lipinski definition) is 8. The second-order valence-corrected chi connectivity index (χ2v) is 11.4. The van der Waals surface area contributed by atoms with E-state index in [0.717, 1.165) is 65.9 Å². The van der Waals surface area contributed by atoms with Crippen molar-refractivity contribution < 1.29 is 4.42 Å². The van der Waals surface area contributed by atoms with Crippen molar-refractivity contribution >= 4 is 22.7 Å². The molecule has 3 atom stereocenters. The van der Waals surface area contributed by atoms with Crippen LogP contribution in [0.15, 0.2) is 46.1 Å². The van der Waals surface area contributed by atoms with Crippen LogP contribution in [-0.4, -0.2) is 51.6 Å². The minimum atomic E-state index is -0.246. The summed E-state index contributed by atoms with van der Waals surface area (Å²) in [6.07, 6.45) is 3.82. The molecule has 4 aromatic rings. The number of rotatable bonds is 4. The van der Waals surface area contributed by atoms with Crippen molar-refractivity contribution in [2.75, 3.05) is 31.1 Å². The van der Waals surface area contributed by atoms with Gasteiger partial charge in [0.1, 0.15) is 23.1 Å². The van der Waals surface area contributed by atoms with Crippen LogP contribution < -0.4 is 10.2 Å². The van der Waals surface area contributed by atoms with Gasteiger partial charge in [-0.05, 0) is 50.3 Å². The summed E-state index contributed by atoms with van der Waals surface area (Å²) in [6.45, 7) is 10.9. The van der Waals surface area contributed by atoms with Crippen LogP contribution in [-0.2, 0) is 6.42 Å². The highest BCUT2D eigenvalue weighted by Crippen LogP contribution is 2.40. The lowest BCUT2D eigenvalue weighted by Crippen LogP contribution is -2.25. The molecule has 2 fully saturated rings. The van der Waals surface area contributed by atoms with Crippen LogP contribution in [0.3, 0.4) is 0 Å². The van der Waals surface area contributed by atoms with Gasteiger partial charge in [-0.25, -0.2) is 4.98 Å². The zero-order valence-electron chi connectivity index (χ0n) is 20.7. The first-order valence-corrected chi connectivity index (χ1v) is 13.4. The molecule has 6 heterocycles. The van der Waals surface area contributed by atoms with E-state index < -0.39 is 0 Å². The smallest absolute Gasteiger partial charge is 0.196 e. The summed E-state index contributed by atoms with van der Waals surface area (Å²) in [7, 11) is 0. The van der Waals surface area contributed by atoms with E-state index in [1.165, 1.54) is 21.7 Å². The van der Waals surface area contributed by atoms with Crippen LogP contribution >= 0.6 is 11.3 Å². The Morgan fingerprint density at radius 1 is 1.06 bits per heavy atom. The summed E-state index contributed by atoms with van der Waals surface area (Å²) in [6, 6.07) is 8.75. The molecule has 7 rings (SSSR count). The fourth-order valence-electron chi connectivity index (χ4n) is 5.94. The van der Waals surface area contributed by atoms with Gasteiger partial charge in [0.25, 0.3) is 0 Å². The van der Waals surface area contributed by atoms with Crippen molar-refractivity contribution in [3.63, 3.8) is 0 Å². The Morgan fingerprint density at radius 2 is 1.83 bits per heavy atom. The maximum absolute atomic E-state index is 5.60. The lowest BCUT2D eigenvalue weighted by atomic mass is 9.99. The number of hydrogen-bond donors (Lipinski definition) is 1. The largest absolute Gasteiger partial charge is 0.449 e. The fourth-order valence-corrected chi connectivity index (χ4v) is 7.15. The molecule has 184 valence electrons. The van der Waals surface area contributed by atoms with Gasteiger partial charge in [0, 0.05) is 47.9 Å². The number of thiophene rings is 1. The number of aliphatic imine (C=N–C) groups is 1. The van der Waals surface area contributed by atoms with Gasteiger partial charge in [-0.2, -0.15) is 0 Å². The van der Waals surface area contributed by atoms with Crippen LogP contribution in [0.5, 0.6) is 0 Å². The quantitative estimate of drug-likeness (QED) is 0.456. The van der Waals surface area contributed by atoms with E-state index in [9.17, 15) is 0 Å². The number of nitrogens with zero attached hydrogens (tertiary/aromatic N) is 6. The SMILES string of the molecule is Cc1sc2c(c1C)C(c1ccc(N3C[C@H]4CNC[C@H]4C3)cc1)=N[C@@H](Cc1ncco1)c1nnc(C)n1-2. The Morgan fingerprint density at radius 3 is 2.56 bits per heavy atom. The number of anilines is 1. The normalized spacial score (nSPS) is 22.8. The van der Waals surface area contributed by atoms with Crippen LogP contribution in [0.25, 0.3) is 5.00 Å². The van der Waals surface area contributed by atoms with Gasteiger partial charge >= 0.3 is 0 Å². The van der Waals surface area contributed by atoms with E-state index >= 15 is 0 Å². The third-order valence-electron chi connectivity index (χ3n) is 7.99. The molecule has 0 amide bonds. The fraction of sp³-hybridized carbons (Fsp3) is 0.407. The Kier molecular flexibility index (Phi) is 5.11. The molecule has 9 heteroatoms. The molecule has 0 unspecified atom stereocenters. The molecule has 0 saturated carbocycles. The van der Waals surface area contributed by atoms with Crippen LogP contribution in [0.4, 0.5) is 5.69 Å². The maximum Gasteiger partial charge on any atom is 0.196 e. The number of fused-ring (bicyclic) bond motifs is 4. The molecule has 0 spiro atoms. The van der Waals surface area contributed by atoms with Gasteiger partial charge < -0.3 is 14.6 Å². The zero-order chi connectivity index (χ0) is 24.4. The number of aryl methyl sites for hydroxylation is 2. The van der Waals surface area contributed by atoms with Crippen LogP contribution in [0, 0.1) is 32.6 Å². The van der Waals surface area contributed by atoms with E-state index in [4.69, 9.17) is 9.41 Å². The van der Waals surface area contributed by atoms with Crippen molar-refractivity contribution in [1.29, 1.82) is 0 Å². The third kappa shape index (κ3) is 3.44. The second-order valence-electron chi connectivity index (χ2n) is 10.2. The standard InChI is InChI=1S/C27H29N7OS/c1-15-16(2)36-27-24(15)25(18-4-6-21(7-5-18)33-13-19-11-28-12-20(19)14-33)30-22(10-23-29-8-9-35-23)26-32-31-17(3)34(26)27/h4-9,19-20,22,28H,10-14H2,1-3H3/t19-,20+,22-/m0/s1. The molecular formula is C27H29N7OS. The average molecular weight is 500 g/mol. The third-order valence-corrected chi connectivity index (χ3v) is 9.18. The molecule has 3 aliphatic heterocycles. The minimum absolute atomic E-state index is 0.246. The number of nitrogens with one attached hydrogen (secondary N) is 1. The molecule has 0 bridgehead atoms. The summed E-state index contributed by atoms with van der Waals surface area (Å²) in [5.41, 5.74) is 5.85. The average Bonchev–Trinajstić information content (AvgIpc) is 3.68. The highest BCUT2D eigenvalue weighted by Gasteiger charge is 2.36. The first-order chi connectivity index (χ1) is 17.6. The number of aromatic nitrogens is 4. The van der Waals surface area contributed by atoms with E-state index in [-0.39, 0.29) is 6.04 Å². The van der Waals surface area contributed by atoms with Gasteiger partial charge in [0.15, 0.2) is 11.7 Å². The van der Waals surface area contributed by atoms with Crippen LogP contribution in [0.1, 0.15) is 45.1 Å². The molecule has 1 N–H and O–H groups in total. The van der Waals surface area contributed by atoms with Crippen molar-refractivity contribution in [2.24, 2.45) is 16.8 Å². The van der Waals surface area contributed by atoms with Crippen molar-refractivity contribution in [1.82, 2.24) is 25.1 Å². The zero-order valence-corrected chi connectivity index (χ0v) is 21.5. The lowest BCUT2D eigenvalue weighted by molar-refractivity contribution is 0.467. The first kappa shape index (κ1) is 21.9. The van der Waals surface area contributed by atoms with Gasteiger partial charge in [-0.3, -0.25) is 9.56 Å². The van der Waals surface area contributed by atoms with E-state index in [2.05, 4.69) is 68.1 Å². The topological polar surface area (TPSA) is 84.4 Å². The Labute approximate surface area is 214 Å². The van der Waals surface area contributed by atoms with Gasteiger partial charge in [-0.15, -0.1) is 21.5 Å². The second kappa shape index (κ2) is 8.38. The number of benzene rings is 1. The molecular weight excluding hydrogens is 470 g/mol. The van der Waals surface area contributed by atoms with E-state index in [0.29, 0.717) is 12.3 Å². The van der Waals surface area contributed by atoms with Gasteiger partial charge in [-0.1, -0.05) is 12.1 Å². The Bertz CT molecular complexity index is 1440. The molecule has 2 saturated heterocycles. The Balaban J connectivity index is 1.32. The van der Waals surface area contributed by atoms with Gasteiger partial charge in [0.2, 0.25) is 0 Å².